The second-order valence-electron chi connectivity index (χ2n) is 6.73. The second-order valence-corrected chi connectivity index (χ2v) is 6.73. The van der Waals surface area contributed by atoms with Crippen LogP contribution in [0.15, 0.2) is 36.5 Å². The Morgan fingerprint density at radius 2 is 2.12 bits per heavy atom. The van der Waals surface area contributed by atoms with Gasteiger partial charge in [0.25, 0.3) is 0 Å². The summed E-state index contributed by atoms with van der Waals surface area (Å²) >= 11 is 0. The molecule has 1 aromatic heterocycles. The minimum Gasteiger partial charge on any atom is -0.478 e. The van der Waals surface area contributed by atoms with Crippen molar-refractivity contribution in [3.63, 3.8) is 0 Å². The molecule has 0 bridgehead atoms. The number of hydrogen-bond donors (Lipinski definition) is 1. The van der Waals surface area contributed by atoms with Gasteiger partial charge < -0.3 is 10.0 Å². The molecule has 0 amide bonds. The fourth-order valence-electron chi connectivity index (χ4n) is 3.38. The number of rotatable bonds is 6. The lowest BCUT2D eigenvalue weighted by molar-refractivity contribution is 0.0694. The largest absolute Gasteiger partial charge is 0.478 e. The van der Waals surface area contributed by atoms with Gasteiger partial charge in [-0.25, -0.2) is 14.8 Å². The van der Waals surface area contributed by atoms with Crippen molar-refractivity contribution in [1.82, 2.24) is 19.8 Å². The molecule has 1 aliphatic heterocycles. The Hall–Kier alpha value is -2.31. The standard InChI is InChI=1S/C19H24N4O2/c1-22(2)13-15-9-10-20-18(21-15)17-8-5-11-23(17)12-14-6-3-4-7-16(14)19(24)25/h3-4,6-7,9-10,17H,5,8,11-13H2,1-2H3,(H,24,25). The first kappa shape index (κ1) is 17.5. The van der Waals surface area contributed by atoms with Crippen molar-refractivity contribution in [2.75, 3.05) is 20.6 Å². The molecule has 0 spiro atoms. The van der Waals surface area contributed by atoms with E-state index in [1.54, 1.807) is 12.1 Å². The average Bonchev–Trinajstić information content (AvgIpc) is 3.03. The maximum Gasteiger partial charge on any atom is 0.336 e. The minimum atomic E-state index is -0.879. The lowest BCUT2D eigenvalue weighted by Gasteiger charge is -2.24. The number of aromatic carboxylic acids is 1. The fourth-order valence-corrected chi connectivity index (χ4v) is 3.38. The highest BCUT2D eigenvalue weighted by Gasteiger charge is 2.29. The van der Waals surface area contributed by atoms with Crippen molar-refractivity contribution >= 4 is 5.97 Å². The summed E-state index contributed by atoms with van der Waals surface area (Å²) in [5, 5.41) is 9.39. The number of nitrogens with zero attached hydrogens (tertiary/aromatic N) is 4. The van der Waals surface area contributed by atoms with Gasteiger partial charge in [0.05, 0.1) is 17.3 Å². The third-order valence-electron chi connectivity index (χ3n) is 4.49. The lowest BCUT2D eigenvalue weighted by Crippen LogP contribution is -2.25. The Balaban J connectivity index is 1.81. The molecule has 1 aliphatic rings. The first-order valence-corrected chi connectivity index (χ1v) is 8.56. The number of hydrogen-bond acceptors (Lipinski definition) is 5. The molecule has 1 aromatic carbocycles. The summed E-state index contributed by atoms with van der Waals surface area (Å²) in [6.45, 7) is 2.32. The van der Waals surface area contributed by atoms with E-state index >= 15 is 0 Å². The highest BCUT2D eigenvalue weighted by atomic mass is 16.4. The van der Waals surface area contributed by atoms with E-state index in [0.717, 1.165) is 43.0 Å². The molecular weight excluding hydrogens is 316 g/mol. The van der Waals surface area contributed by atoms with Crippen LogP contribution in [0.4, 0.5) is 0 Å². The maximum atomic E-state index is 11.4. The number of likely N-dealkylation sites (tertiary alicyclic amines) is 1. The third kappa shape index (κ3) is 4.21. The van der Waals surface area contributed by atoms with Gasteiger partial charge >= 0.3 is 5.97 Å². The summed E-state index contributed by atoms with van der Waals surface area (Å²) in [4.78, 5) is 25.0. The molecule has 1 unspecified atom stereocenters. The minimum absolute atomic E-state index is 0.143. The summed E-state index contributed by atoms with van der Waals surface area (Å²) in [5.41, 5.74) is 2.22. The van der Waals surface area contributed by atoms with Gasteiger partial charge in [0.1, 0.15) is 5.82 Å². The van der Waals surface area contributed by atoms with Crippen LogP contribution in [0.3, 0.4) is 0 Å². The van der Waals surface area contributed by atoms with Crippen LogP contribution in [0, 0.1) is 0 Å². The third-order valence-corrected chi connectivity index (χ3v) is 4.49. The van der Waals surface area contributed by atoms with E-state index < -0.39 is 5.97 Å². The zero-order valence-corrected chi connectivity index (χ0v) is 14.7. The molecule has 0 aliphatic carbocycles. The molecule has 0 saturated carbocycles. The first-order valence-electron chi connectivity index (χ1n) is 8.56. The number of carboxylic acids is 1. The van der Waals surface area contributed by atoms with Crippen molar-refractivity contribution in [2.45, 2.75) is 32.0 Å². The predicted octanol–water partition coefficient (Wildman–Crippen LogP) is 2.57. The van der Waals surface area contributed by atoms with Crippen molar-refractivity contribution in [2.24, 2.45) is 0 Å². The Kier molecular flexibility index (Phi) is 5.40. The Morgan fingerprint density at radius 1 is 1.32 bits per heavy atom. The number of carboxylic acid groups (broad SMARTS) is 1. The average molecular weight is 340 g/mol. The van der Waals surface area contributed by atoms with Gasteiger partial charge in [-0.05, 0) is 51.2 Å². The fraction of sp³-hybridized carbons (Fsp3) is 0.421. The van der Waals surface area contributed by atoms with E-state index in [0.29, 0.717) is 12.1 Å². The van der Waals surface area contributed by atoms with Gasteiger partial charge in [-0.2, -0.15) is 0 Å². The van der Waals surface area contributed by atoms with E-state index in [2.05, 4.69) is 14.8 Å². The molecule has 0 radical (unpaired) electrons. The Labute approximate surface area is 148 Å². The van der Waals surface area contributed by atoms with Gasteiger partial charge in [0, 0.05) is 19.3 Å². The maximum absolute atomic E-state index is 11.4. The van der Waals surface area contributed by atoms with Crippen molar-refractivity contribution in [3.8, 4) is 0 Å². The quantitative estimate of drug-likeness (QED) is 0.872. The van der Waals surface area contributed by atoms with Gasteiger partial charge in [0.15, 0.2) is 0 Å². The normalized spacial score (nSPS) is 18.0. The molecule has 6 nitrogen and oxygen atoms in total. The van der Waals surface area contributed by atoms with Crippen LogP contribution in [-0.2, 0) is 13.1 Å². The second kappa shape index (κ2) is 7.72. The lowest BCUT2D eigenvalue weighted by atomic mass is 10.1. The predicted molar refractivity (Wildman–Crippen MR) is 95.2 cm³/mol. The summed E-state index contributed by atoms with van der Waals surface area (Å²) < 4.78 is 0. The van der Waals surface area contributed by atoms with Crippen molar-refractivity contribution < 1.29 is 9.90 Å². The van der Waals surface area contributed by atoms with E-state index in [9.17, 15) is 9.90 Å². The first-order chi connectivity index (χ1) is 12.0. The van der Waals surface area contributed by atoms with Gasteiger partial charge in [-0.15, -0.1) is 0 Å². The van der Waals surface area contributed by atoms with Crippen LogP contribution in [-0.4, -0.2) is 51.5 Å². The Morgan fingerprint density at radius 3 is 2.88 bits per heavy atom. The molecule has 2 aromatic rings. The zero-order valence-electron chi connectivity index (χ0n) is 14.7. The highest BCUT2D eigenvalue weighted by molar-refractivity contribution is 5.89. The van der Waals surface area contributed by atoms with E-state index in [1.807, 2.05) is 38.5 Å². The molecule has 1 fully saturated rings. The molecular formula is C19H24N4O2. The molecule has 1 atom stereocenters. The van der Waals surface area contributed by atoms with E-state index in [4.69, 9.17) is 4.98 Å². The van der Waals surface area contributed by atoms with Crippen LogP contribution in [0.2, 0.25) is 0 Å². The van der Waals surface area contributed by atoms with Crippen LogP contribution in [0.1, 0.15) is 46.3 Å². The summed E-state index contributed by atoms with van der Waals surface area (Å²) in [6, 6.07) is 9.30. The molecule has 3 rings (SSSR count). The monoisotopic (exact) mass is 340 g/mol. The number of aromatic nitrogens is 2. The zero-order chi connectivity index (χ0) is 17.8. The molecule has 25 heavy (non-hydrogen) atoms. The molecule has 132 valence electrons. The van der Waals surface area contributed by atoms with Gasteiger partial charge in [-0.3, -0.25) is 4.90 Å². The molecule has 2 heterocycles. The molecule has 6 heteroatoms. The summed E-state index contributed by atoms with van der Waals surface area (Å²) in [5.74, 6) is -0.0415. The Bertz CT molecular complexity index is 748. The van der Waals surface area contributed by atoms with Crippen molar-refractivity contribution in [1.29, 1.82) is 0 Å². The smallest absolute Gasteiger partial charge is 0.336 e. The highest BCUT2D eigenvalue weighted by Crippen LogP contribution is 2.31. The van der Waals surface area contributed by atoms with E-state index in [-0.39, 0.29) is 6.04 Å². The van der Waals surface area contributed by atoms with Gasteiger partial charge in [-0.1, -0.05) is 18.2 Å². The SMILES string of the molecule is CN(C)Cc1ccnc(C2CCCN2Cc2ccccc2C(=O)O)n1. The summed E-state index contributed by atoms with van der Waals surface area (Å²) in [7, 11) is 4.04. The summed E-state index contributed by atoms with van der Waals surface area (Å²) in [6.07, 6.45) is 3.89. The van der Waals surface area contributed by atoms with E-state index in [1.165, 1.54) is 0 Å². The van der Waals surface area contributed by atoms with Crippen LogP contribution < -0.4 is 0 Å². The molecule has 1 N–H and O–H groups in total. The van der Waals surface area contributed by atoms with Crippen LogP contribution in [0.5, 0.6) is 0 Å². The molecule has 1 saturated heterocycles. The number of benzene rings is 1. The van der Waals surface area contributed by atoms with Crippen molar-refractivity contribution in [3.05, 3.63) is 59.2 Å². The van der Waals surface area contributed by atoms with Crippen LogP contribution >= 0.6 is 0 Å². The number of carbonyl (C=O) groups is 1. The van der Waals surface area contributed by atoms with Gasteiger partial charge in [0.2, 0.25) is 0 Å². The topological polar surface area (TPSA) is 69.6 Å². The van der Waals surface area contributed by atoms with Crippen LogP contribution in [0.25, 0.3) is 0 Å².